The third kappa shape index (κ3) is 10.2. The van der Waals surface area contributed by atoms with Gasteiger partial charge in [0.25, 0.3) is 0 Å². The summed E-state index contributed by atoms with van der Waals surface area (Å²) in [4.78, 5) is 22.3. The zero-order valence-corrected chi connectivity index (χ0v) is 29.1. The van der Waals surface area contributed by atoms with Crippen LogP contribution < -0.4 is 29.5 Å². The molecule has 0 N–H and O–H groups in total. The minimum atomic E-state index is -0.0638. The molecule has 1 fully saturated rings. The van der Waals surface area contributed by atoms with Gasteiger partial charge in [-0.15, -0.1) is 9.24 Å². The molecule has 1 aliphatic rings. The van der Waals surface area contributed by atoms with Crippen molar-refractivity contribution >= 4 is 50.1 Å². The summed E-state index contributed by atoms with van der Waals surface area (Å²) in [6.45, 7) is 11.3. The second-order valence-electron chi connectivity index (χ2n) is 11.7. The van der Waals surface area contributed by atoms with E-state index in [1.54, 1.807) is 25.2 Å². The van der Waals surface area contributed by atoms with Gasteiger partial charge in [-0.3, -0.25) is 14.7 Å². The number of carbonyl (C=O) groups excluding carboxylic acids is 1. The van der Waals surface area contributed by atoms with Crippen molar-refractivity contribution in [1.29, 1.82) is 0 Å². The standard InChI is InChI=1S/C36H49N6O3P/c1-6-38-39(5)19-7-8-30(26-45-35-18-9-28(2)24-36(35)46)25-44-34-16-14-32(15-17-34)41-22-20-40(21-23-41)31-10-12-33(13-11-31)42(27-37-4)29(3)43/h6,9-18,24,27,30H,7-8,19-23,25-26,46H2,1-5H3/b37-27?,38-6-/t30-/m1/s1. The highest BCUT2D eigenvalue weighted by molar-refractivity contribution is 7.27. The molecule has 0 bridgehead atoms. The summed E-state index contributed by atoms with van der Waals surface area (Å²) in [5, 5.41) is 7.38. The van der Waals surface area contributed by atoms with Crippen molar-refractivity contribution in [2.75, 3.05) is 74.7 Å². The normalized spacial score (nSPS) is 14.1. The number of nitrogens with zero attached hydrogens (tertiary/aromatic N) is 6. The predicted octanol–water partition coefficient (Wildman–Crippen LogP) is 5.62. The molecule has 4 rings (SSSR count). The van der Waals surface area contributed by atoms with Gasteiger partial charge in [0, 0.05) is 88.2 Å². The number of aryl methyl sites for hydroxylation is 1. The predicted molar refractivity (Wildman–Crippen MR) is 196 cm³/mol. The first kappa shape index (κ1) is 34.8. The summed E-state index contributed by atoms with van der Waals surface area (Å²) in [5.41, 5.74) is 4.39. The van der Waals surface area contributed by atoms with E-state index >= 15 is 0 Å². The number of hydrazone groups is 1. The average molecular weight is 645 g/mol. The zero-order chi connectivity index (χ0) is 32.9. The summed E-state index contributed by atoms with van der Waals surface area (Å²) in [6.07, 6.45) is 5.36. The average Bonchev–Trinajstić information content (AvgIpc) is 3.06. The maximum Gasteiger partial charge on any atom is 0.229 e. The molecule has 1 aliphatic heterocycles. The lowest BCUT2D eigenvalue weighted by Crippen LogP contribution is -2.46. The molecule has 9 nitrogen and oxygen atoms in total. The first-order chi connectivity index (χ1) is 22.3. The van der Waals surface area contributed by atoms with Gasteiger partial charge in [0.1, 0.15) is 11.5 Å². The Labute approximate surface area is 277 Å². The Bertz CT molecular complexity index is 1440. The maximum absolute atomic E-state index is 12.0. The molecule has 0 saturated carbocycles. The molecule has 1 amide bonds. The van der Waals surface area contributed by atoms with E-state index in [4.69, 9.17) is 9.47 Å². The number of anilines is 3. The second-order valence-corrected chi connectivity index (χ2v) is 12.3. The van der Waals surface area contributed by atoms with Gasteiger partial charge in [0.2, 0.25) is 5.91 Å². The number of amides is 1. The molecule has 0 spiro atoms. The minimum absolute atomic E-state index is 0.0638. The van der Waals surface area contributed by atoms with Crippen molar-refractivity contribution in [2.45, 2.75) is 33.6 Å². The van der Waals surface area contributed by atoms with Gasteiger partial charge < -0.3 is 24.3 Å². The van der Waals surface area contributed by atoms with Crippen molar-refractivity contribution in [3.8, 4) is 11.5 Å². The van der Waals surface area contributed by atoms with E-state index < -0.39 is 0 Å². The van der Waals surface area contributed by atoms with Crippen LogP contribution in [-0.4, -0.2) is 83.5 Å². The number of carbonyl (C=O) groups is 1. The van der Waals surface area contributed by atoms with Crippen molar-refractivity contribution in [3.63, 3.8) is 0 Å². The van der Waals surface area contributed by atoms with E-state index in [2.05, 4.69) is 84.6 Å². The van der Waals surface area contributed by atoms with Crippen LogP contribution in [0.4, 0.5) is 17.1 Å². The summed E-state index contributed by atoms with van der Waals surface area (Å²) in [7, 11) is 6.44. The highest BCUT2D eigenvalue weighted by Crippen LogP contribution is 2.25. The van der Waals surface area contributed by atoms with Crippen LogP contribution >= 0.6 is 9.24 Å². The molecule has 10 heteroatoms. The second kappa shape index (κ2) is 17.6. The van der Waals surface area contributed by atoms with E-state index in [9.17, 15) is 4.79 Å². The van der Waals surface area contributed by atoms with Crippen LogP contribution in [-0.2, 0) is 4.79 Å². The van der Waals surface area contributed by atoms with E-state index in [1.807, 2.05) is 43.4 Å². The Morgan fingerprint density at radius 3 is 2.13 bits per heavy atom. The van der Waals surface area contributed by atoms with Gasteiger partial charge in [0.05, 0.1) is 19.6 Å². The summed E-state index contributed by atoms with van der Waals surface area (Å²) >= 11 is 0. The summed E-state index contributed by atoms with van der Waals surface area (Å²) in [6, 6.07) is 22.8. The first-order valence-electron chi connectivity index (χ1n) is 16.0. The van der Waals surface area contributed by atoms with Gasteiger partial charge in [0.15, 0.2) is 0 Å². The molecule has 46 heavy (non-hydrogen) atoms. The van der Waals surface area contributed by atoms with Crippen LogP contribution in [0.2, 0.25) is 0 Å². The number of piperazine rings is 1. The number of hydrogen-bond acceptors (Lipinski definition) is 8. The number of aliphatic imine (C=N–C) groups is 1. The van der Waals surface area contributed by atoms with Crippen molar-refractivity contribution in [3.05, 3.63) is 72.3 Å². The Morgan fingerprint density at radius 1 is 0.957 bits per heavy atom. The fourth-order valence-electron chi connectivity index (χ4n) is 5.54. The molecule has 1 unspecified atom stereocenters. The molecule has 0 radical (unpaired) electrons. The molecule has 0 aromatic heterocycles. The number of benzene rings is 3. The van der Waals surface area contributed by atoms with Crippen LogP contribution in [0.5, 0.6) is 11.5 Å². The van der Waals surface area contributed by atoms with Gasteiger partial charge in [-0.05, 0) is 87.4 Å². The lowest BCUT2D eigenvalue weighted by molar-refractivity contribution is -0.115. The number of hydrogen-bond donors (Lipinski definition) is 0. The van der Waals surface area contributed by atoms with Crippen LogP contribution in [0.1, 0.15) is 32.3 Å². The Balaban J connectivity index is 1.29. The van der Waals surface area contributed by atoms with Gasteiger partial charge in [-0.2, -0.15) is 5.10 Å². The van der Waals surface area contributed by atoms with Gasteiger partial charge in [-0.25, -0.2) is 0 Å². The molecular weight excluding hydrogens is 595 g/mol. The van der Waals surface area contributed by atoms with E-state index in [1.165, 1.54) is 11.3 Å². The fourth-order valence-corrected chi connectivity index (χ4v) is 5.99. The molecule has 3 aromatic carbocycles. The Morgan fingerprint density at radius 2 is 1.57 bits per heavy atom. The molecule has 1 heterocycles. The lowest BCUT2D eigenvalue weighted by Gasteiger charge is -2.37. The highest BCUT2D eigenvalue weighted by atomic mass is 31.0. The van der Waals surface area contributed by atoms with E-state index in [0.29, 0.717) is 13.2 Å². The largest absolute Gasteiger partial charge is 0.493 e. The van der Waals surface area contributed by atoms with Crippen molar-refractivity contribution in [1.82, 2.24) is 5.01 Å². The zero-order valence-electron chi connectivity index (χ0n) is 27.9. The summed E-state index contributed by atoms with van der Waals surface area (Å²) in [5.74, 6) is 1.95. The third-order valence-electron chi connectivity index (χ3n) is 8.08. The molecule has 2 atom stereocenters. The van der Waals surface area contributed by atoms with E-state index in [0.717, 1.165) is 73.7 Å². The molecule has 3 aromatic rings. The third-order valence-corrected chi connectivity index (χ3v) is 8.53. The molecule has 0 aliphatic carbocycles. The monoisotopic (exact) mass is 644 g/mol. The van der Waals surface area contributed by atoms with Crippen LogP contribution in [0.25, 0.3) is 0 Å². The first-order valence-corrected chi connectivity index (χ1v) is 16.6. The number of rotatable bonds is 15. The smallest absolute Gasteiger partial charge is 0.229 e. The van der Waals surface area contributed by atoms with Crippen molar-refractivity contribution in [2.24, 2.45) is 16.0 Å². The molecule has 246 valence electrons. The molecular formula is C36H49N6O3P. The number of ether oxygens (including phenoxy) is 2. The van der Waals surface area contributed by atoms with Crippen LogP contribution in [0, 0.1) is 12.8 Å². The lowest BCUT2D eigenvalue weighted by atomic mass is 10.1. The fraction of sp³-hybridized carbons (Fsp3) is 0.417. The Hall–Kier alpha value is -4.10. The minimum Gasteiger partial charge on any atom is -0.493 e. The van der Waals surface area contributed by atoms with Crippen LogP contribution in [0.3, 0.4) is 0 Å². The topological polar surface area (TPSA) is 73.2 Å². The van der Waals surface area contributed by atoms with Gasteiger partial charge in [-0.1, -0.05) is 11.6 Å². The van der Waals surface area contributed by atoms with E-state index in [-0.39, 0.29) is 11.8 Å². The quantitative estimate of drug-likeness (QED) is 0.0926. The van der Waals surface area contributed by atoms with Gasteiger partial charge >= 0.3 is 0 Å². The highest BCUT2D eigenvalue weighted by Gasteiger charge is 2.19. The Kier molecular flexibility index (Phi) is 13.3. The van der Waals surface area contributed by atoms with Crippen molar-refractivity contribution < 1.29 is 14.3 Å². The van der Waals surface area contributed by atoms with Crippen LogP contribution in [0.15, 0.2) is 76.8 Å². The molecule has 1 saturated heterocycles. The summed E-state index contributed by atoms with van der Waals surface area (Å²) < 4.78 is 12.5. The SMILES string of the molecule is C/C=N\N(C)CCC[C@H](COc1ccc(N2CCN(c3ccc(N(C=NC)C(C)=O)cc3)CC2)cc1)COc1ccc(C)cc1P. The maximum atomic E-state index is 12.0.